The number of ether oxygens (including phenoxy) is 1. The van der Waals surface area contributed by atoms with E-state index in [1.807, 2.05) is 0 Å². The Labute approximate surface area is 131 Å². The van der Waals surface area contributed by atoms with Crippen molar-refractivity contribution in [2.24, 2.45) is 0 Å². The van der Waals surface area contributed by atoms with Gasteiger partial charge in [-0.3, -0.25) is 9.59 Å². The van der Waals surface area contributed by atoms with Crippen LogP contribution in [0.2, 0.25) is 0 Å². The Kier molecular flexibility index (Phi) is 3.92. The fraction of sp³-hybridized carbons (Fsp3) is 0.250. The molecule has 0 spiro atoms. The van der Waals surface area contributed by atoms with E-state index in [1.165, 1.54) is 0 Å². The molecule has 0 saturated carbocycles. The molecule has 23 heavy (non-hydrogen) atoms. The summed E-state index contributed by atoms with van der Waals surface area (Å²) < 4.78 is 10.3. The molecular formula is C16H15N3O4. The van der Waals surface area contributed by atoms with E-state index in [4.69, 9.17) is 9.26 Å². The van der Waals surface area contributed by atoms with Gasteiger partial charge in [0.2, 0.25) is 0 Å². The first kappa shape index (κ1) is 15.0. The van der Waals surface area contributed by atoms with Crippen LogP contribution in [0.25, 0.3) is 10.8 Å². The Morgan fingerprint density at radius 3 is 2.70 bits per heavy atom. The molecular weight excluding hydrogens is 298 g/mol. The minimum absolute atomic E-state index is 0.0271. The zero-order chi connectivity index (χ0) is 16.4. The molecule has 0 amide bonds. The van der Waals surface area contributed by atoms with Gasteiger partial charge in [-0.05, 0) is 19.9 Å². The number of carbonyl (C=O) groups excluding carboxylic acids is 1. The van der Waals surface area contributed by atoms with Gasteiger partial charge in [-0.2, -0.15) is 5.10 Å². The van der Waals surface area contributed by atoms with Crippen molar-refractivity contribution in [3.8, 4) is 0 Å². The highest BCUT2D eigenvalue weighted by atomic mass is 16.5. The summed E-state index contributed by atoms with van der Waals surface area (Å²) in [5.41, 5.74) is 1.65. The molecule has 0 aliphatic rings. The van der Waals surface area contributed by atoms with Crippen LogP contribution >= 0.6 is 0 Å². The fourth-order valence-electron chi connectivity index (χ4n) is 2.35. The zero-order valence-corrected chi connectivity index (χ0v) is 12.8. The van der Waals surface area contributed by atoms with Crippen LogP contribution in [-0.2, 0) is 22.6 Å². The number of aromatic nitrogens is 3. The number of nitrogens with zero attached hydrogens (tertiary/aromatic N) is 2. The van der Waals surface area contributed by atoms with Crippen molar-refractivity contribution in [2.75, 3.05) is 0 Å². The fourth-order valence-corrected chi connectivity index (χ4v) is 2.35. The van der Waals surface area contributed by atoms with E-state index in [1.54, 1.807) is 38.1 Å². The number of benzene rings is 1. The highest BCUT2D eigenvalue weighted by Gasteiger charge is 2.14. The van der Waals surface area contributed by atoms with E-state index in [9.17, 15) is 9.59 Å². The van der Waals surface area contributed by atoms with Gasteiger partial charge in [0.1, 0.15) is 12.4 Å². The number of aryl methyl sites for hydroxylation is 2. The van der Waals surface area contributed by atoms with Crippen LogP contribution in [0.1, 0.15) is 22.7 Å². The maximum absolute atomic E-state index is 12.1. The third kappa shape index (κ3) is 2.98. The number of hydrogen-bond acceptors (Lipinski definition) is 6. The van der Waals surface area contributed by atoms with Gasteiger partial charge >= 0.3 is 5.97 Å². The summed E-state index contributed by atoms with van der Waals surface area (Å²) in [6, 6.07) is 7.00. The highest BCUT2D eigenvalue weighted by Crippen LogP contribution is 2.15. The van der Waals surface area contributed by atoms with Gasteiger partial charge in [-0.15, -0.1) is 0 Å². The standard InChI is InChI=1S/C16H15N3O4/c1-9-13(10(2)23-19-9)8-22-15(20)7-14-11-5-3-4-6-12(11)16(21)18-17-14/h3-6H,7-8H2,1-2H3,(H,18,21). The van der Waals surface area contributed by atoms with Crippen LogP contribution in [0, 0.1) is 13.8 Å². The van der Waals surface area contributed by atoms with E-state index < -0.39 is 5.97 Å². The van der Waals surface area contributed by atoms with Crippen LogP contribution in [0.15, 0.2) is 33.6 Å². The van der Waals surface area contributed by atoms with Crippen molar-refractivity contribution in [1.82, 2.24) is 15.4 Å². The van der Waals surface area contributed by atoms with E-state index in [2.05, 4.69) is 15.4 Å². The van der Waals surface area contributed by atoms with E-state index in [0.29, 0.717) is 27.9 Å². The van der Waals surface area contributed by atoms with E-state index in [-0.39, 0.29) is 18.6 Å². The second kappa shape index (κ2) is 6.04. The van der Waals surface area contributed by atoms with Crippen molar-refractivity contribution in [2.45, 2.75) is 26.9 Å². The SMILES string of the molecule is Cc1noc(C)c1COC(=O)Cc1n[nH]c(=O)c2ccccc12. The molecule has 3 aromatic rings. The van der Waals surface area contributed by atoms with Gasteiger partial charge in [0.05, 0.1) is 28.8 Å². The molecule has 118 valence electrons. The summed E-state index contributed by atoms with van der Waals surface area (Å²) >= 11 is 0. The van der Waals surface area contributed by atoms with Crippen LogP contribution in [0.3, 0.4) is 0 Å². The second-order valence-electron chi connectivity index (χ2n) is 5.19. The van der Waals surface area contributed by atoms with Crippen LogP contribution in [-0.4, -0.2) is 21.3 Å². The summed E-state index contributed by atoms with van der Waals surface area (Å²) in [7, 11) is 0. The van der Waals surface area contributed by atoms with Crippen molar-refractivity contribution in [1.29, 1.82) is 0 Å². The Bertz CT molecular complexity index is 907. The number of nitrogens with one attached hydrogen (secondary N) is 1. The van der Waals surface area contributed by atoms with Gasteiger partial charge in [0.15, 0.2) is 0 Å². The lowest BCUT2D eigenvalue weighted by Gasteiger charge is -2.06. The van der Waals surface area contributed by atoms with Crippen LogP contribution in [0.4, 0.5) is 0 Å². The number of carbonyl (C=O) groups is 1. The van der Waals surface area contributed by atoms with Crippen molar-refractivity contribution in [3.05, 3.63) is 57.3 Å². The van der Waals surface area contributed by atoms with Crippen molar-refractivity contribution < 1.29 is 14.1 Å². The van der Waals surface area contributed by atoms with Gasteiger partial charge in [-0.1, -0.05) is 23.4 Å². The quantitative estimate of drug-likeness (QED) is 0.738. The molecule has 0 unspecified atom stereocenters. The Balaban J connectivity index is 1.76. The molecule has 2 heterocycles. The van der Waals surface area contributed by atoms with Crippen LogP contribution in [0.5, 0.6) is 0 Å². The average Bonchev–Trinajstić information content (AvgIpc) is 2.87. The largest absolute Gasteiger partial charge is 0.460 e. The molecule has 0 aliphatic heterocycles. The number of esters is 1. The van der Waals surface area contributed by atoms with E-state index in [0.717, 1.165) is 5.56 Å². The molecule has 0 saturated heterocycles. The molecule has 1 N–H and O–H groups in total. The lowest BCUT2D eigenvalue weighted by atomic mass is 10.1. The molecule has 0 bridgehead atoms. The zero-order valence-electron chi connectivity index (χ0n) is 12.8. The first-order chi connectivity index (χ1) is 11.1. The molecule has 0 radical (unpaired) electrons. The third-order valence-electron chi connectivity index (χ3n) is 3.65. The first-order valence-electron chi connectivity index (χ1n) is 7.10. The van der Waals surface area contributed by atoms with Crippen molar-refractivity contribution >= 4 is 16.7 Å². The molecule has 0 aliphatic carbocycles. The number of aromatic amines is 1. The second-order valence-corrected chi connectivity index (χ2v) is 5.19. The van der Waals surface area contributed by atoms with Crippen LogP contribution < -0.4 is 5.56 Å². The maximum Gasteiger partial charge on any atom is 0.312 e. The molecule has 7 heteroatoms. The minimum atomic E-state index is -0.435. The monoisotopic (exact) mass is 313 g/mol. The van der Waals surface area contributed by atoms with Gasteiger partial charge < -0.3 is 9.26 Å². The smallest absolute Gasteiger partial charge is 0.312 e. The summed E-state index contributed by atoms with van der Waals surface area (Å²) in [6.45, 7) is 3.65. The van der Waals surface area contributed by atoms with Gasteiger partial charge in [-0.25, -0.2) is 5.10 Å². The van der Waals surface area contributed by atoms with Crippen molar-refractivity contribution in [3.63, 3.8) is 0 Å². The van der Waals surface area contributed by atoms with E-state index >= 15 is 0 Å². The average molecular weight is 313 g/mol. The summed E-state index contributed by atoms with van der Waals surface area (Å²) in [4.78, 5) is 23.8. The maximum atomic E-state index is 12.1. The number of fused-ring (bicyclic) bond motifs is 1. The van der Waals surface area contributed by atoms with Gasteiger partial charge in [0.25, 0.3) is 5.56 Å². The lowest BCUT2D eigenvalue weighted by Crippen LogP contribution is -2.15. The molecule has 0 fully saturated rings. The van der Waals surface area contributed by atoms with Gasteiger partial charge in [0, 0.05) is 5.39 Å². The highest BCUT2D eigenvalue weighted by molar-refractivity contribution is 5.86. The number of rotatable bonds is 4. The molecule has 1 aromatic carbocycles. The Morgan fingerprint density at radius 1 is 1.26 bits per heavy atom. The number of hydrogen-bond donors (Lipinski definition) is 1. The third-order valence-corrected chi connectivity index (χ3v) is 3.65. The summed E-state index contributed by atoms with van der Waals surface area (Å²) in [6.07, 6.45) is -0.0271. The predicted molar refractivity (Wildman–Crippen MR) is 81.8 cm³/mol. The molecule has 2 aromatic heterocycles. The summed E-state index contributed by atoms with van der Waals surface area (Å²) in [5, 5.41) is 11.3. The lowest BCUT2D eigenvalue weighted by molar-refractivity contribution is -0.144. The number of H-pyrrole nitrogens is 1. The molecule has 7 nitrogen and oxygen atoms in total. The first-order valence-corrected chi connectivity index (χ1v) is 7.10. The topological polar surface area (TPSA) is 98.1 Å². The molecule has 0 atom stereocenters. The predicted octanol–water partition coefficient (Wildman–Crippen LogP) is 1.81. The molecule has 3 rings (SSSR count). The Hall–Kier alpha value is -2.96. The normalized spacial score (nSPS) is 10.9. The Morgan fingerprint density at radius 2 is 2.00 bits per heavy atom. The minimum Gasteiger partial charge on any atom is -0.460 e. The summed E-state index contributed by atoms with van der Waals surface area (Å²) in [5.74, 6) is 0.192.